The lowest BCUT2D eigenvalue weighted by molar-refractivity contribution is -0.145. The van der Waals surface area contributed by atoms with Crippen LogP contribution < -0.4 is 0 Å². The van der Waals surface area contributed by atoms with Crippen LogP contribution in [0.5, 0.6) is 0 Å². The monoisotopic (exact) mass is 330 g/mol. The van der Waals surface area contributed by atoms with Crippen LogP contribution in [0.1, 0.15) is 20.3 Å². The maximum atomic E-state index is 11.0. The van der Waals surface area contributed by atoms with Gasteiger partial charge in [-0.25, -0.2) is 0 Å². The zero-order chi connectivity index (χ0) is 11.4. The molecule has 0 aliphatic carbocycles. The second-order valence-corrected chi connectivity index (χ2v) is 6.16. The molecular weight excluding hydrogens is 320 g/mol. The van der Waals surface area contributed by atoms with Gasteiger partial charge in [0.05, 0.1) is 6.61 Å². The summed E-state index contributed by atoms with van der Waals surface area (Å²) >= 11 is 6.08. The molecule has 0 aromatic rings. The van der Waals surface area contributed by atoms with Crippen molar-refractivity contribution in [2.75, 3.05) is 6.61 Å². The first-order valence-electron chi connectivity index (χ1n) is 4.00. The number of hydrogen-bond donors (Lipinski definition) is 1. The number of aliphatic carboxylic acids is 1. The van der Waals surface area contributed by atoms with Gasteiger partial charge in [-0.1, -0.05) is 31.9 Å². The molecule has 0 aliphatic heterocycles. The highest BCUT2D eigenvalue weighted by molar-refractivity contribution is 9.10. The Morgan fingerprint density at radius 1 is 1.57 bits per heavy atom. The molecule has 2 atom stereocenters. The van der Waals surface area contributed by atoms with Crippen molar-refractivity contribution < 1.29 is 19.4 Å². The van der Waals surface area contributed by atoms with Crippen LogP contribution in [-0.2, 0) is 14.3 Å². The van der Waals surface area contributed by atoms with Crippen LogP contribution >= 0.6 is 31.9 Å². The molecule has 0 radical (unpaired) electrons. The summed E-state index contributed by atoms with van der Waals surface area (Å²) in [6, 6.07) is 0. The Labute approximate surface area is 99.3 Å². The summed E-state index contributed by atoms with van der Waals surface area (Å²) in [6.45, 7) is 3.25. The van der Waals surface area contributed by atoms with Crippen LogP contribution in [0, 0.1) is 0 Å². The normalized spacial score (nSPS) is 16.9. The summed E-state index contributed by atoms with van der Waals surface area (Å²) in [5, 5.41) is 8.72. The molecule has 2 unspecified atom stereocenters. The minimum Gasteiger partial charge on any atom is -0.480 e. The Hall–Kier alpha value is -0.100. The SMILES string of the molecule is CC(Br)C(=O)OCCC(C)(Br)C(=O)O. The quantitative estimate of drug-likeness (QED) is 0.617. The zero-order valence-electron chi connectivity index (χ0n) is 7.92. The number of esters is 1. The van der Waals surface area contributed by atoms with Crippen LogP contribution in [-0.4, -0.2) is 32.8 Å². The number of hydrogen-bond acceptors (Lipinski definition) is 3. The van der Waals surface area contributed by atoms with Gasteiger partial charge in [-0.2, -0.15) is 0 Å². The van der Waals surface area contributed by atoms with Crippen LogP contribution in [0.4, 0.5) is 0 Å². The molecule has 0 rings (SSSR count). The molecule has 0 aromatic heterocycles. The van der Waals surface area contributed by atoms with Crippen molar-refractivity contribution in [1.29, 1.82) is 0 Å². The highest BCUT2D eigenvalue weighted by atomic mass is 79.9. The maximum Gasteiger partial charge on any atom is 0.320 e. The molecule has 6 heteroatoms. The van der Waals surface area contributed by atoms with Crippen LogP contribution in [0.2, 0.25) is 0 Å². The molecule has 0 saturated carbocycles. The summed E-state index contributed by atoms with van der Waals surface area (Å²) in [7, 11) is 0. The maximum absolute atomic E-state index is 11.0. The van der Waals surface area contributed by atoms with Crippen molar-refractivity contribution in [3.05, 3.63) is 0 Å². The van der Waals surface area contributed by atoms with Crippen molar-refractivity contribution >= 4 is 43.8 Å². The van der Waals surface area contributed by atoms with Crippen LogP contribution in [0.3, 0.4) is 0 Å². The Bertz CT molecular complexity index is 225. The van der Waals surface area contributed by atoms with Gasteiger partial charge >= 0.3 is 11.9 Å². The minimum absolute atomic E-state index is 0.0861. The zero-order valence-corrected chi connectivity index (χ0v) is 11.1. The number of alkyl halides is 2. The highest BCUT2D eigenvalue weighted by Crippen LogP contribution is 2.22. The molecule has 0 aromatic carbocycles. The van der Waals surface area contributed by atoms with Gasteiger partial charge in [0.2, 0.25) is 0 Å². The van der Waals surface area contributed by atoms with E-state index in [2.05, 4.69) is 31.9 Å². The number of carboxylic acid groups (broad SMARTS) is 1. The van der Waals surface area contributed by atoms with Crippen molar-refractivity contribution in [3.8, 4) is 0 Å². The van der Waals surface area contributed by atoms with Crippen molar-refractivity contribution in [2.45, 2.75) is 29.4 Å². The first-order valence-corrected chi connectivity index (χ1v) is 5.71. The van der Waals surface area contributed by atoms with E-state index in [0.717, 1.165) is 0 Å². The van der Waals surface area contributed by atoms with Gasteiger partial charge in [0.15, 0.2) is 0 Å². The fourth-order valence-corrected chi connectivity index (χ4v) is 0.859. The lowest BCUT2D eigenvalue weighted by Gasteiger charge is -2.16. The average Bonchev–Trinajstić information content (AvgIpc) is 2.03. The van der Waals surface area contributed by atoms with E-state index in [1.165, 1.54) is 6.92 Å². The summed E-state index contributed by atoms with van der Waals surface area (Å²) in [6.07, 6.45) is 0.230. The van der Waals surface area contributed by atoms with Gasteiger partial charge in [-0.3, -0.25) is 9.59 Å². The van der Waals surface area contributed by atoms with Gasteiger partial charge in [0.1, 0.15) is 9.15 Å². The van der Waals surface area contributed by atoms with Gasteiger partial charge in [-0.15, -0.1) is 0 Å². The molecule has 82 valence electrons. The predicted molar refractivity (Wildman–Crippen MR) is 58.9 cm³/mol. The van der Waals surface area contributed by atoms with Gasteiger partial charge in [0.25, 0.3) is 0 Å². The number of carboxylic acids is 1. The summed E-state index contributed by atoms with van der Waals surface area (Å²) in [5.41, 5.74) is 0. The molecule has 1 N–H and O–H groups in total. The predicted octanol–water partition coefficient (Wildman–Crippen LogP) is 1.94. The number of ether oxygens (including phenoxy) is 1. The molecule has 0 amide bonds. The summed E-state index contributed by atoms with van der Waals surface area (Å²) in [4.78, 5) is 21.2. The topological polar surface area (TPSA) is 63.6 Å². The van der Waals surface area contributed by atoms with Crippen molar-refractivity contribution in [3.63, 3.8) is 0 Å². The Morgan fingerprint density at radius 3 is 2.43 bits per heavy atom. The van der Waals surface area contributed by atoms with E-state index < -0.39 is 16.3 Å². The van der Waals surface area contributed by atoms with Crippen LogP contribution in [0.25, 0.3) is 0 Å². The van der Waals surface area contributed by atoms with E-state index in [1.807, 2.05) is 0 Å². The van der Waals surface area contributed by atoms with Crippen LogP contribution in [0.15, 0.2) is 0 Å². The Balaban J connectivity index is 3.85. The first kappa shape index (κ1) is 13.9. The molecule has 0 bridgehead atoms. The standard InChI is InChI=1S/C8H12Br2O4/c1-5(9)6(11)14-4-3-8(2,10)7(12)13/h5H,3-4H2,1-2H3,(H,12,13). The number of carbonyl (C=O) groups excluding carboxylic acids is 1. The molecule has 14 heavy (non-hydrogen) atoms. The van der Waals surface area contributed by atoms with E-state index >= 15 is 0 Å². The van der Waals surface area contributed by atoms with Gasteiger partial charge in [0, 0.05) is 6.42 Å². The largest absolute Gasteiger partial charge is 0.480 e. The fourth-order valence-electron chi connectivity index (χ4n) is 0.565. The molecular formula is C8H12Br2O4. The van der Waals surface area contributed by atoms with Gasteiger partial charge < -0.3 is 9.84 Å². The molecule has 0 fully saturated rings. The molecule has 0 heterocycles. The molecule has 0 aliphatic rings. The van der Waals surface area contributed by atoms with E-state index in [9.17, 15) is 9.59 Å². The second-order valence-electron chi connectivity index (χ2n) is 3.04. The lowest BCUT2D eigenvalue weighted by atomic mass is 10.1. The first-order chi connectivity index (χ1) is 6.27. The summed E-state index contributed by atoms with van der Waals surface area (Å²) in [5.74, 6) is -1.36. The van der Waals surface area contributed by atoms with E-state index in [0.29, 0.717) is 0 Å². The number of carbonyl (C=O) groups is 2. The number of rotatable bonds is 5. The smallest absolute Gasteiger partial charge is 0.320 e. The highest BCUT2D eigenvalue weighted by Gasteiger charge is 2.29. The fraction of sp³-hybridized carbons (Fsp3) is 0.750. The third-order valence-corrected chi connectivity index (χ3v) is 2.70. The third kappa shape index (κ3) is 4.95. The third-order valence-electron chi connectivity index (χ3n) is 1.59. The molecule has 0 spiro atoms. The number of halogens is 2. The Morgan fingerprint density at radius 2 is 2.07 bits per heavy atom. The summed E-state index contributed by atoms with van der Waals surface area (Å²) < 4.78 is 3.77. The minimum atomic E-state index is -1.04. The van der Waals surface area contributed by atoms with E-state index in [1.54, 1.807) is 6.92 Å². The van der Waals surface area contributed by atoms with Gasteiger partial charge in [-0.05, 0) is 13.8 Å². The lowest BCUT2D eigenvalue weighted by Crippen LogP contribution is -2.30. The molecule has 0 saturated heterocycles. The van der Waals surface area contributed by atoms with E-state index in [-0.39, 0.29) is 17.9 Å². The molecule has 4 nitrogen and oxygen atoms in total. The van der Waals surface area contributed by atoms with Crippen molar-refractivity contribution in [1.82, 2.24) is 0 Å². The average molecular weight is 332 g/mol. The second kappa shape index (κ2) is 5.70. The Kier molecular flexibility index (Phi) is 5.66. The van der Waals surface area contributed by atoms with Crippen molar-refractivity contribution in [2.24, 2.45) is 0 Å². The van der Waals surface area contributed by atoms with E-state index in [4.69, 9.17) is 9.84 Å².